The van der Waals surface area contributed by atoms with E-state index in [0.29, 0.717) is 6.54 Å². The molecule has 1 aromatic carbocycles. The number of allylic oxidation sites excluding steroid dienone is 1. The minimum Gasteiger partial charge on any atom is -0.390 e. The van der Waals surface area contributed by atoms with E-state index in [1.165, 1.54) is 11.8 Å². The standard InChI is InChI=1S/C13H14N2O3/c1-17-10-12-14-15(13(16)18-12)9-5-8-11-6-3-2-4-7-11/h2-8H,9-10H2,1H3/b8-5+. The van der Waals surface area contributed by atoms with Gasteiger partial charge in [0.05, 0.1) is 6.54 Å². The quantitative estimate of drug-likeness (QED) is 0.805. The van der Waals surface area contributed by atoms with Crippen molar-refractivity contribution in [2.24, 2.45) is 0 Å². The van der Waals surface area contributed by atoms with E-state index < -0.39 is 5.76 Å². The molecular formula is C13H14N2O3. The molecule has 1 heterocycles. The molecule has 0 bridgehead atoms. The normalized spacial score (nSPS) is 11.2. The maximum Gasteiger partial charge on any atom is 0.437 e. The van der Waals surface area contributed by atoms with Crippen molar-refractivity contribution in [1.82, 2.24) is 9.78 Å². The largest absolute Gasteiger partial charge is 0.437 e. The molecule has 94 valence electrons. The molecular weight excluding hydrogens is 232 g/mol. The van der Waals surface area contributed by atoms with Crippen molar-refractivity contribution in [3.8, 4) is 0 Å². The first-order valence-electron chi connectivity index (χ1n) is 5.57. The second-order valence-electron chi connectivity index (χ2n) is 3.69. The molecule has 0 aliphatic carbocycles. The summed E-state index contributed by atoms with van der Waals surface area (Å²) in [5.74, 6) is -0.185. The third-order valence-electron chi connectivity index (χ3n) is 2.30. The fourth-order valence-corrected chi connectivity index (χ4v) is 1.50. The van der Waals surface area contributed by atoms with Gasteiger partial charge in [0.1, 0.15) is 6.61 Å². The summed E-state index contributed by atoms with van der Waals surface area (Å²) in [6, 6.07) is 9.84. The molecule has 18 heavy (non-hydrogen) atoms. The molecule has 1 aromatic heterocycles. The summed E-state index contributed by atoms with van der Waals surface area (Å²) in [5.41, 5.74) is 1.08. The third-order valence-corrected chi connectivity index (χ3v) is 2.30. The molecule has 0 saturated heterocycles. The lowest BCUT2D eigenvalue weighted by Gasteiger charge is -1.92. The zero-order valence-electron chi connectivity index (χ0n) is 10.1. The average molecular weight is 246 g/mol. The average Bonchev–Trinajstić information content (AvgIpc) is 2.72. The predicted octanol–water partition coefficient (Wildman–Crippen LogP) is 1.70. The van der Waals surface area contributed by atoms with Crippen LogP contribution in [-0.4, -0.2) is 16.9 Å². The zero-order chi connectivity index (χ0) is 12.8. The Morgan fingerprint density at radius 3 is 2.89 bits per heavy atom. The molecule has 0 atom stereocenters. The summed E-state index contributed by atoms with van der Waals surface area (Å²) < 4.78 is 11.0. The van der Waals surface area contributed by atoms with Crippen LogP contribution in [0.5, 0.6) is 0 Å². The van der Waals surface area contributed by atoms with Crippen LogP contribution in [0.15, 0.2) is 45.6 Å². The van der Waals surface area contributed by atoms with E-state index >= 15 is 0 Å². The topological polar surface area (TPSA) is 57.3 Å². The summed E-state index contributed by atoms with van der Waals surface area (Å²) in [6.45, 7) is 0.575. The van der Waals surface area contributed by atoms with Gasteiger partial charge in [0.25, 0.3) is 0 Å². The van der Waals surface area contributed by atoms with E-state index in [1.54, 1.807) is 0 Å². The number of hydrogen-bond donors (Lipinski definition) is 0. The number of hydrogen-bond acceptors (Lipinski definition) is 4. The Hall–Kier alpha value is -2.14. The maximum absolute atomic E-state index is 11.4. The lowest BCUT2D eigenvalue weighted by atomic mass is 10.2. The van der Waals surface area contributed by atoms with Gasteiger partial charge in [-0.2, -0.15) is 4.68 Å². The van der Waals surface area contributed by atoms with Crippen LogP contribution in [0.2, 0.25) is 0 Å². The van der Waals surface area contributed by atoms with Crippen molar-refractivity contribution in [2.75, 3.05) is 7.11 Å². The molecule has 0 unspecified atom stereocenters. The van der Waals surface area contributed by atoms with Gasteiger partial charge in [-0.25, -0.2) is 4.79 Å². The summed E-state index contributed by atoms with van der Waals surface area (Å²) in [7, 11) is 1.52. The lowest BCUT2D eigenvalue weighted by Crippen LogP contribution is -2.14. The number of ether oxygens (including phenoxy) is 1. The lowest BCUT2D eigenvalue weighted by molar-refractivity contribution is 0.158. The monoisotopic (exact) mass is 246 g/mol. The first-order chi connectivity index (χ1) is 8.79. The van der Waals surface area contributed by atoms with Crippen LogP contribution in [0.25, 0.3) is 6.08 Å². The minimum atomic E-state index is -0.472. The number of methoxy groups -OCH3 is 1. The van der Waals surface area contributed by atoms with Crippen LogP contribution in [0.4, 0.5) is 0 Å². The Bertz CT molecular complexity index is 569. The van der Waals surface area contributed by atoms with Crippen LogP contribution in [0.1, 0.15) is 11.5 Å². The van der Waals surface area contributed by atoms with Gasteiger partial charge in [-0.15, -0.1) is 5.10 Å². The van der Waals surface area contributed by atoms with Gasteiger partial charge in [-0.05, 0) is 5.56 Å². The number of benzene rings is 1. The molecule has 2 aromatic rings. The van der Waals surface area contributed by atoms with Gasteiger partial charge in [-0.1, -0.05) is 42.5 Å². The number of rotatable bonds is 5. The van der Waals surface area contributed by atoms with E-state index in [-0.39, 0.29) is 12.5 Å². The van der Waals surface area contributed by atoms with Crippen molar-refractivity contribution >= 4 is 6.08 Å². The highest BCUT2D eigenvalue weighted by molar-refractivity contribution is 5.48. The third kappa shape index (κ3) is 3.18. The minimum absolute atomic E-state index is 0.199. The Labute approximate surface area is 104 Å². The highest BCUT2D eigenvalue weighted by atomic mass is 16.5. The summed E-state index contributed by atoms with van der Waals surface area (Å²) in [4.78, 5) is 11.4. The smallest absolute Gasteiger partial charge is 0.390 e. The summed E-state index contributed by atoms with van der Waals surface area (Å²) in [6.07, 6.45) is 3.78. The highest BCUT2D eigenvalue weighted by Gasteiger charge is 2.05. The summed E-state index contributed by atoms with van der Waals surface area (Å²) >= 11 is 0. The Balaban J connectivity index is 2.02. The molecule has 0 N–H and O–H groups in total. The van der Waals surface area contributed by atoms with Crippen molar-refractivity contribution in [1.29, 1.82) is 0 Å². The van der Waals surface area contributed by atoms with Gasteiger partial charge in [0.2, 0.25) is 5.89 Å². The van der Waals surface area contributed by atoms with E-state index in [2.05, 4.69) is 5.10 Å². The number of nitrogens with zero attached hydrogens (tertiary/aromatic N) is 2. The van der Waals surface area contributed by atoms with Crippen LogP contribution < -0.4 is 5.76 Å². The van der Waals surface area contributed by atoms with Crippen LogP contribution in [0.3, 0.4) is 0 Å². The van der Waals surface area contributed by atoms with E-state index in [1.807, 2.05) is 42.5 Å². The van der Waals surface area contributed by atoms with Crippen LogP contribution >= 0.6 is 0 Å². The molecule has 5 nitrogen and oxygen atoms in total. The van der Waals surface area contributed by atoms with Gasteiger partial charge in [-0.3, -0.25) is 0 Å². The van der Waals surface area contributed by atoms with E-state index in [0.717, 1.165) is 5.56 Å². The fourth-order valence-electron chi connectivity index (χ4n) is 1.50. The second kappa shape index (κ2) is 5.97. The van der Waals surface area contributed by atoms with Gasteiger partial charge in [0, 0.05) is 7.11 Å². The molecule has 0 fully saturated rings. The molecule has 0 amide bonds. The van der Waals surface area contributed by atoms with Crippen LogP contribution in [-0.2, 0) is 17.9 Å². The molecule has 0 saturated carbocycles. The molecule has 0 spiro atoms. The van der Waals surface area contributed by atoms with E-state index in [4.69, 9.17) is 9.15 Å². The van der Waals surface area contributed by atoms with E-state index in [9.17, 15) is 4.79 Å². The Kier molecular flexibility index (Phi) is 4.09. The first-order valence-corrected chi connectivity index (χ1v) is 5.57. The van der Waals surface area contributed by atoms with Crippen LogP contribution in [0, 0.1) is 0 Å². The van der Waals surface area contributed by atoms with Gasteiger partial charge >= 0.3 is 5.76 Å². The van der Waals surface area contributed by atoms with Crippen molar-refractivity contribution in [2.45, 2.75) is 13.2 Å². The van der Waals surface area contributed by atoms with Crippen molar-refractivity contribution < 1.29 is 9.15 Å². The molecule has 0 radical (unpaired) electrons. The summed E-state index contributed by atoms with van der Waals surface area (Å²) in [5, 5.41) is 3.99. The SMILES string of the molecule is COCc1nn(C/C=C/c2ccccc2)c(=O)o1. The molecule has 5 heteroatoms. The molecule has 0 aliphatic rings. The van der Waals surface area contributed by atoms with Gasteiger partial charge in [0.15, 0.2) is 0 Å². The van der Waals surface area contributed by atoms with Gasteiger partial charge < -0.3 is 9.15 Å². The second-order valence-corrected chi connectivity index (χ2v) is 3.69. The number of aromatic nitrogens is 2. The Morgan fingerprint density at radius 1 is 1.39 bits per heavy atom. The Morgan fingerprint density at radius 2 is 2.17 bits per heavy atom. The van der Waals surface area contributed by atoms with Crippen molar-refractivity contribution in [3.05, 3.63) is 58.4 Å². The predicted molar refractivity (Wildman–Crippen MR) is 67.0 cm³/mol. The maximum atomic E-state index is 11.4. The van der Waals surface area contributed by atoms with Crippen molar-refractivity contribution in [3.63, 3.8) is 0 Å². The fraction of sp³-hybridized carbons (Fsp3) is 0.231. The zero-order valence-corrected chi connectivity index (χ0v) is 10.1. The molecule has 2 rings (SSSR count). The molecule has 0 aliphatic heterocycles. The highest BCUT2D eigenvalue weighted by Crippen LogP contribution is 2.01. The first kappa shape index (κ1) is 12.3.